The van der Waals surface area contributed by atoms with Crippen LogP contribution in [0.5, 0.6) is 0 Å². The molecular formula is C21H26N4O2. The molecule has 1 N–H and O–H groups in total. The van der Waals surface area contributed by atoms with Crippen LogP contribution in [0.3, 0.4) is 0 Å². The average Bonchev–Trinajstić information content (AvgIpc) is 2.68. The SMILES string of the molecule is CC(C)NC(=O)c1cccc(C(=O)N2CCN(Cc3ccccc3)CC2)n1. The molecule has 0 spiro atoms. The van der Waals surface area contributed by atoms with Crippen LogP contribution in [0.4, 0.5) is 0 Å². The fraction of sp³-hybridized carbons (Fsp3) is 0.381. The van der Waals surface area contributed by atoms with Crippen molar-refractivity contribution >= 4 is 11.8 Å². The number of aromatic nitrogens is 1. The molecule has 1 fully saturated rings. The highest BCUT2D eigenvalue weighted by Crippen LogP contribution is 2.11. The molecular weight excluding hydrogens is 340 g/mol. The second-order valence-electron chi connectivity index (χ2n) is 7.09. The fourth-order valence-electron chi connectivity index (χ4n) is 3.13. The predicted octanol–water partition coefficient (Wildman–Crippen LogP) is 2.18. The molecule has 1 aromatic heterocycles. The topological polar surface area (TPSA) is 65.5 Å². The maximum Gasteiger partial charge on any atom is 0.272 e. The summed E-state index contributed by atoms with van der Waals surface area (Å²) < 4.78 is 0. The van der Waals surface area contributed by atoms with Gasteiger partial charge in [0.15, 0.2) is 0 Å². The van der Waals surface area contributed by atoms with Gasteiger partial charge in [-0.2, -0.15) is 0 Å². The highest BCUT2D eigenvalue weighted by molar-refractivity contribution is 5.96. The number of rotatable bonds is 5. The lowest BCUT2D eigenvalue weighted by molar-refractivity contribution is 0.0622. The van der Waals surface area contributed by atoms with Crippen molar-refractivity contribution in [2.24, 2.45) is 0 Å². The summed E-state index contributed by atoms with van der Waals surface area (Å²) in [6.45, 7) is 7.66. The molecule has 0 saturated carbocycles. The van der Waals surface area contributed by atoms with Gasteiger partial charge in [-0.05, 0) is 31.5 Å². The van der Waals surface area contributed by atoms with E-state index in [2.05, 4.69) is 27.3 Å². The van der Waals surface area contributed by atoms with Crippen LogP contribution in [0.1, 0.15) is 40.4 Å². The van der Waals surface area contributed by atoms with E-state index in [1.54, 1.807) is 18.2 Å². The first-order valence-corrected chi connectivity index (χ1v) is 9.36. The van der Waals surface area contributed by atoms with E-state index in [9.17, 15) is 9.59 Å². The second-order valence-corrected chi connectivity index (χ2v) is 7.09. The summed E-state index contributed by atoms with van der Waals surface area (Å²) >= 11 is 0. The second kappa shape index (κ2) is 8.77. The third kappa shape index (κ3) is 5.14. The van der Waals surface area contributed by atoms with E-state index in [-0.39, 0.29) is 23.6 Å². The number of carbonyl (C=O) groups excluding carboxylic acids is 2. The van der Waals surface area contributed by atoms with E-state index in [0.29, 0.717) is 18.8 Å². The molecule has 2 heterocycles. The van der Waals surface area contributed by atoms with Crippen LogP contribution >= 0.6 is 0 Å². The standard InChI is InChI=1S/C21H26N4O2/c1-16(2)22-20(26)18-9-6-10-19(23-18)21(27)25-13-11-24(12-14-25)15-17-7-4-3-5-8-17/h3-10,16H,11-15H2,1-2H3,(H,22,26). The predicted molar refractivity (Wildman–Crippen MR) is 104 cm³/mol. The molecule has 0 unspecified atom stereocenters. The molecule has 2 aromatic rings. The molecule has 27 heavy (non-hydrogen) atoms. The van der Waals surface area contributed by atoms with Gasteiger partial charge in [-0.15, -0.1) is 0 Å². The summed E-state index contributed by atoms with van der Waals surface area (Å²) in [7, 11) is 0. The zero-order valence-electron chi connectivity index (χ0n) is 15.9. The van der Waals surface area contributed by atoms with Crippen molar-refractivity contribution in [2.45, 2.75) is 26.4 Å². The number of carbonyl (C=O) groups is 2. The molecule has 1 saturated heterocycles. The van der Waals surface area contributed by atoms with Gasteiger partial charge in [0.25, 0.3) is 11.8 Å². The number of hydrogen-bond acceptors (Lipinski definition) is 4. The highest BCUT2D eigenvalue weighted by Gasteiger charge is 2.23. The van der Waals surface area contributed by atoms with Crippen LogP contribution < -0.4 is 5.32 Å². The Bertz CT molecular complexity index is 784. The van der Waals surface area contributed by atoms with Crippen molar-refractivity contribution in [3.63, 3.8) is 0 Å². The molecule has 142 valence electrons. The minimum atomic E-state index is -0.257. The van der Waals surface area contributed by atoms with Crippen LogP contribution in [0, 0.1) is 0 Å². The van der Waals surface area contributed by atoms with Gasteiger partial charge >= 0.3 is 0 Å². The number of pyridine rings is 1. The van der Waals surface area contributed by atoms with Crippen molar-refractivity contribution in [3.05, 3.63) is 65.5 Å². The summed E-state index contributed by atoms with van der Waals surface area (Å²) in [4.78, 5) is 33.3. The Morgan fingerprint density at radius 1 is 0.963 bits per heavy atom. The van der Waals surface area contributed by atoms with E-state index in [1.807, 2.05) is 36.9 Å². The minimum Gasteiger partial charge on any atom is -0.349 e. The number of benzene rings is 1. The van der Waals surface area contributed by atoms with E-state index < -0.39 is 0 Å². The highest BCUT2D eigenvalue weighted by atomic mass is 16.2. The molecule has 0 aliphatic carbocycles. The Hall–Kier alpha value is -2.73. The zero-order chi connectivity index (χ0) is 19.2. The number of piperazine rings is 1. The van der Waals surface area contributed by atoms with Crippen molar-refractivity contribution < 1.29 is 9.59 Å². The Morgan fingerprint density at radius 3 is 2.30 bits per heavy atom. The lowest BCUT2D eigenvalue weighted by Crippen LogP contribution is -2.48. The van der Waals surface area contributed by atoms with Gasteiger partial charge in [-0.25, -0.2) is 4.98 Å². The van der Waals surface area contributed by atoms with E-state index in [1.165, 1.54) is 5.56 Å². The molecule has 3 rings (SSSR count). The maximum absolute atomic E-state index is 12.8. The lowest BCUT2D eigenvalue weighted by Gasteiger charge is -2.34. The monoisotopic (exact) mass is 366 g/mol. The van der Waals surface area contributed by atoms with Crippen LogP contribution in [0.25, 0.3) is 0 Å². The number of hydrogen-bond donors (Lipinski definition) is 1. The maximum atomic E-state index is 12.8. The van der Waals surface area contributed by atoms with E-state index in [4.69, 9.17) is 0 Å². The van der Waals surface area contributed by atoms with Crippen molar-refractivity contribution in [3.8, 4) is 0 Å². The fourth-order valence-corrected chi connectivity index (χ4v) is 3.13. The van der Waals surface area contributed by atoms with Gasteiger partial charge in [0.2, 0.25) is 0 Å². The molecule has 0 bridgehead atoms. The first kappa shape index (κ1) is 19.0. The van der Waals surface area contributed by atoms with Gasteiger partial charge in [0.05, 0.1) is 0 Å². The van der Waals surface area contributed by atoms with Gasteiger partial charge in [-0.3, -0.25) is 14.5 Å². The van der Waals surface area contributed by atoms with Crippen molar-refractivity contribution in [2.75, 3.05) is 26.2 Å². The molecule has 2 amide bonds. The van der Waals surface area contributed by atoms with E-state index in [0.717, 1.165) is 19.6 Å². The first-order chi connectivity index (χ1) is 13.0. The quantitative estimate of drug-likeness (QED) is 0.881. The largest absolute Gasteiger partial charge is 0.349 e. The summed E-state index contributed by atoms with van der Waals surface area (Å²) in [6, 6.07) is 15.4. The molecule has 1 aliphatic heterocycles. The van der Waals surface area contributed by atoms with Gasteiger partial charge < -0.3 is 10.2 Å². The molecule has 1 aromatic carbocycles. The molecule has 0 radical (unpaired) electrons. The number of nitrogens with one attached hydrogen (secondary N) is 1. The summed E-state index contributed by atoms with van der Waals surface area (Å²) in [5.41, 5.74) is 1.88. The number of nitrogens with zero attached hydrogens (tertiary/aromatic N) is 3. The Balaban J connectivity index is 1.58. The van der Waals surface area contributed by atoms with Crippen LogP contribution in [-0.2, 0) is 6.54 Å². The Kier molecular flexibility index (Phi) is 6.19. The van der Waals surface area contributed by atoms with Gasteiger partial charge in [0, 0.05) is 38.8 Å². The number of amides is 2. The smallest absolute Gasteiger partial charge is 0.272 e. The third-order valence-corrected chi connectivity index (χ3v) is 4.53. The third-order valence-electron chi connectivity index (χ3n) is 4.53. The summed E-state index contributed by atoms with van der Waals surface area (Å²) in [6.07, 6.45) is 0. The summed E-state index contributed by atoms with van der Waals surface area (Å²) in [5, 5.41) is 2.80. The molecule has 1 aliphatic rings. The molecule has 6 heteroatoms. The summed E-state index contributed by atoms with van der Waals surface area (Å²) in [5.74, 6) is -0.374. The lowest BCUT2D eigenvalue weighted by atomic mass is 10.2. The van der Waals surface area contributed by atoms with Gasteiger partial charge in [-0.1, -0.05) is 36.4 Å². The Labute approximate surface area is 160 Å². The van der Waals surface area contributed by atoms with Gasteiger partial charge in [0.1, 0.15) is 11.4 Å². The van der Waals surface area contributed by atoms with Crippen LogP contribution in [0.2, 0.25) is 0 Å². The molecule has 6 nitrogen and oxygen atoms in total. The minimum absolute atomic E-state index is 0.0244. The van der Waals surface area contributed by atoms with E-state index >= 15 is 0 Å². The normalized spacial score (nSPS) is 15.0. The van der Waals surface area contributed by atoms with Crippen molar-refractivity contribution in [1.82, 2.24) is 20.1 Å². The Morgan fingerprint density at radius 2 is 1.63 bits per heavy atom. The van der Waals surface area contributed by atoms with Crippen LogP contribution in [0.15, 0.2) is 48.5 Å². The zero-order valence-corrected chi connectivity index (χ0v) is 15.9. The van der Waals surface area contributed by atoms with Crippen LogP contribution in [-0.4, -0.2) is 58.8 Å². The molecule has 0 atom stereocenters. The average molecular weight is 366 g/mol. The van der Waals surface area contributed by atoms with Crippen molar-refractivity contribution in [1.29, 1.82) is 0 Å². The first-order valence-electron chi connectivity index (χ1n) is 9.36.